The molecule has 2 fully saturated rings. The molecule has 0 aromatic carbocycles. The van der Waals surface area contributed by atoms with Crippen molar-refractivity contribution in [3.8, 4) is 11.5 Å². The molecule has 2 aromatic heterocycles. The fraction of sp³-hybridized carbons (Fsp3) is 0.643. The van der Waals surface area contributed by atoms with Gasteiger partial charge in [0.25, 0.3) is 0 Å². The fourth-order valence-electron chi connectivity index (χ4n) is 3.51. The lowest BCUT2D eigenvalue weighted by Crippen LogP contribution is -2.48. The predicted molar refractivity (Wildman–Crippen MR) is 75.0 cm³/mol. The van der Waals surface area contributed by atoms with Gasteiger partial charge in [-0.15, -0.1) is 0 Å². The summed E-state index contributed by atoms with van der Waals surface area (Å²) in [5.74, 6) is 0.503. The number of rotatable bonds is 2. The second-order valence-electron chi connectivity index (χ2n) is 6.21. The molecule has 2 saturated heterocycles. The van der Waals surface area contributed by atoms with Crippen molar-refractivity contribution in [3.63, 3.8) is 0 Å². The molecule has 0 spiro atoms. The minimum absolute atomic E-state index is 0.0982. The molecule has 0 amide bonds. The van der Waals surface area contributed by atoms with E-state index in [1.54, 1.807) is 0 Å². The Morgan fingerprint density at radius 1 is 1.42 bits per heavy atom. The molecule has 130 valence electrons. The summed E-state index contributed by atoms with van der Waals surface area (Å²) < 4.78 is 50.5. The number of fused-ring (bicyclic) bond motifs is 1. The lowest BCUT2D eigenvalue weighted by molar-refractivity contribution is -0.141. The summed E-state index contributed by atoms with van der Waals surface area (Å²) in [6, 6.07) is 1.10. The van der Waals surface area contributed by atoms with Crippen molar-refractivity contribution in [2.45, 2.75) is 30.5 Å². The van der Waals surface area contributed by atoms with Crippen LogP contribution in [0, 0.1) is 0 Å². The van der Waals surface area contributed by atoms with Crippen LogP contribution in [0.5, 0.6) is 0 Å². The number of halogens is 3. The average molecular weight is 343 g/mol. The standard InChI is InChI=1S/C14H16F3N5O2/c1-22-8(6-10(20-22)14(15,16)17)11-19-12(24-21-11)13-3-4-18-9(13)2-5-23-7-13/h6,9,18H,2-5,7H2,1H3/t9-,13-/m0/s1. The molecule has 0 bridgehead atoms. The van der Waals surface area contributed by atoms with Crippen LogP contribution in [0.1, 0.15) is 24.4 Å². The van der Waals surface area contributed by atoms with Crippen molar-refractivity contribution >= 4 is 0 Å². The maximum Gasteiger partial charge on any atom is 0.435 e. The Morgan fingerprint density at radius 2 is 2.25 bits per heavy atom. The summed E-state index contributed by atoms with van der Waals surface area (Å²) in [5.41, 5.74) is -1.23. The van der Waals surface area contributed by atoms with E-state index in [2.05, 4.69) is 20.6 Å². The first-order chi connectivity index (χ1) is 11.4. The molecule has 2 aliphatic heterocycles. The Labute approximate surface area is 135 Å². The molecular formula is C14H16F3N5O2. The Kier molecular flexibility index (Phi) is 3.43. The van der Waals surface area contributed by atoms with E-state index >= 15 is 0 Å². The zero-order valence-electron chi connectivity index (χ0n) is 12.9. The van der Waals surface area contributed by atoms with E-state index in [0.717, 1.165) is 30.1 Å². The Bertz CT molecular complexity index is 756. The van der Waals surface area contributed by atoms with Gasteiger partial charge in [-0.1, -0.05) is 5.16 Å². The highest BCUT2D eigenvalue weighted by atomic mass is 19.4. The van der Waals surface area contributed by atoms with Crippen LogP contribution in [0.15, 0.2) is 10.6 Å². The van der Waals surface area contributed by atoms with Gasteiger partial charge in [-0.25, -0.2) is 0 Å². The van der Waals surface area contributed by atoms with Gasteiger partial charge >= 0.3 is 6.18 Å². The highest BCUT2D eigenvalue weighted by Crippen LogP contribution is 2.40. The van der Waals surface area contributed by atoms with Crippen molar-refractivity contribution in [1.29, 1.82) is 0 Å². The summed E-state index contributed by atoms with van der Waals surface area (Å²) in [6.07, 6.45) is -2.89. The summed E-state index contributed by atoms with van der Waals surface area (Å²) in [4.78, 5) is 4.37. The van der Waals surface area contributed by atoms with E-state index < -0.39 is 17.3 Å². The molecule has 24 heavy (non-hydrogen) atoms. The maximum atomic E-state index is 12.8. The number of hydrogen-bond donors (Lipinski definition) is 1. The van der Waals surface area contributed by atoms with Crippen LogP contribution in [-0.4, -0.2) is 45.7 Å². The summed E-state index contributed by atoms with van der Waals surface area (Å²) in [5, 5.41) is 10.8. The van der Waals surface area contributed by atoms with E-state index in [9.17, 15) is 13.2 Å². The highest BCUT2D eigenvalue weighted by molar-refractivity contribution is 5.50. The smallest absolute Gasteiger partial charge is 0.380 e. The number of ether oxygens (including phenoxy) is 1. The molecule has 2 aromatic rings. The van der Waals surface area contributed by atoms with Crippen molar-refractivity contribution < 1.29 is 22.4 Å². The van der Waals surface area contributed by atoms with Crippen LogP contribution < -0.4 is 5.32 Å². The van der Waals surface area contributed by atoms with Gasteiger partial charge in [-0.3, -0.25) is 4.68 Å². The lowest BCUT2D eigenvalue weighted by atomic mass is 9.78. The second-order valence-corrected chi connectivity index (χ2v) is 6.21. The van der Waals surface area contributed by atoms with E-state index in [1.807, 2.05) is 0 Å². The van der Waals surface area contributed by atoms with Gasteiger partial charge < -0.3 is 14.6 Å². The quantitative estimate of drug-likeness (QED) is 0.891. The summed E-state index contributed by atoms with van der Waals surface area (Å²) in [6.45, 7) is 1.94. The lowest BCUT2D eigenvalue weighted by Gasteiger charge is -2.35. The molecule has 4 heterocycles. The molecule has 0 radical (unpaired) electrons. The first-order valence-corrected chi connectivity index (χ1v) is 7.67. The molecule has 0 saturated carbocycles. The van der Waals surface area contributed by atoms with Crippen LogP contribution in [0.4, 0.5) is 13.2 Å². The van der Waals surface area contributed by atoms with Gasteiger partial charge in [0.15, 0.2) is 5.69 Å². The van der Waals surface area contributed by atoms with Gasteiger partial charge in [0.05, 0.1) is 12.0 Å². The van der Waals surface area contributed by atoms with Crippen molar-refractivity contribution in [3.05, 3.63) is 17.7 Å². The average Bonchev–Trinajstić information content (AvgIpc) is 3.23. The number of nitrogens with zero attached hydrogens (tertiary/aromatic N) is 4. The topological polar surface area (TPSA) is 78.0 Å². The molecule has 2 atom stereocenters. The molecule has 4 rings (SSSR count). The Morgan fingerprint density at radius 3 is 3.00 bits per heavy atom. The normalized spacial score (nSPS) is 27.4. The monoisotopic (exact) mass is 343 g/mol. The molecule has 10 heteroatoms. The minimum atomic E-state index is -4.51. The summed E-state index contributed by atoms with van der Waals surface area (Å²) in [7, 11) is 1.42. The number of aromatic nitrogens is 4. The molecular weight excluding hydrogens is 327 g/mol. The number of alkyl halides is 3. The van der Waals surface area contributed by atoms with Crippen LogP contribution in [0.25, 0.3) is 11.5 Å². The van der Waals surface area contributed by atoms with Crippen molar-refractivity contribution in [2.24, 2.45) is 7.05 Å². The van der Waals surface area contributed by atoms with E-state index in [4.69, 9.17) is 9.26 Å². The number of nitrogens with one attached hydrogen (secondary N) is 1. The third-order valence-corrected chi connectivity index (χ3v) is 4.79. The molecule has 0 unspecified atom stereocenters. The van der Waals surface area contributed by atoms with Crippen LogP contribution in [0.3, 0.4) is 0 Å². The molecule has 2 aliphatic rings. The predicted octanol–water partition coefficient (Wildman–Crippen LogP) is 1.51. The van der Waals surface area contributed by atoms with Gasteiger partial charge in [0.2, 0.25) is 11.7 Å². The summed E-state index contributed by atoms with van der Waals surface area (Å²) >= 11 is 0. The first kappa shape index (κ1) is 15.6. The van der Waals surface area contributed by atoms with E-state index in [0.29, 0.717) is 19.1 Å². The fourth-order valence-corrected chi connectivity index (χ4v) is 3.51. The van der Waals surface area contributed by atoms with Gasteiger partial charge in [-0.2, -0.15) is 23.3 Å². The van der Waals surface area contributed by atoms with Crippen LogP contribution in [-0.2, 0) is 23.4 Å². The third-order valence-electron chi connectivity index (χ3n) is 4.79. The van der Waals surface area contributed by atoms with E-state index in [-0.39, 0.29) is 17.6 Å². The van der Waals surface area contributed by atoms with Crippen molar-refractivity contribution in [1.82, 2.24) is 25.2 Å². The number of aryl methyl sites for hydroxylation is 1. The zero-order valence-corrected chi connectivity index (χ0v) is 12.9. The largest absolute Gasteiger partial charge is 0.435 e. The Hall–Kier alpha value is -1.94. The van der Waals surface area contributed by atoms with Crippen LogP contribution >= 0.6 is 0 Å². The van der Waals surface area contributed by atoms with Gasteiger partial charge in [-0.05, 0) is 25.5 Å². The zero-order chi connectivity index (χ0) is 16.9. The molecule has 7 nitrogen and oxygen atoms in total. The van der Waals surface area contributed by atoms with Gasteiger partial charge in [0, 0.05) is 19.7 Å². The maximum absolute atomic E-state index is 12.8. The molecule has 1 N–H and O–H groups in total. The van der Waals surface area contributed by atoms with E-state index in [1.165, 1.54) is 7.05 Å². The SMILES string of the molecule is Cn1nc(C(F)(F)F)cc1-c1noc([C@]23CCN[C@H]2CCOC3)n1. The van der Waals surface area contributed by atoms with Gasteiger partial charge in [0.1, 0.15) is 5.69 Å². The highest BCUT2D eigenvalue weighted by Gasteiger charge is 2.50. The first-order valence-electron chi connectivity index (χ1n) is 7.67. The Balaban J connectivity index is 1.70. The second kappa shape index (κ2) is 5.28. The molecule has 0 aliphatic carbocycles. The third kappa shape index (κ3) is 2.32. The number of hydrogen-bond acceptors (Lipinski definition) is 6. The van der Waals surface area contributed by atoms with Crippen molar-refractivity contribution in [2.75, 3.05) is 19.8 Å². The van der Waals surface area contributed by atoms with Crippen LogP contribution in [0.2, 0.25) is 0 Å². The minimum Gasteiger partial charge on any atom is -0.380 e.